The number of aryl methyl sites for hydroxylation is 1. The Balaban J connectivity index is 1.90. The third-order valence-electron chi connectivity index (χ3n) is 3.34. The number of sulfone groups is 1. The standard InChI is InChI=1S/C16H14ClN3O3S2/c1-10-3-6-12(7-4-10)25(21,22)15-14(17)24-16(20-15)19-11-5-8-13(23-2)18-9-11/h3-9H,1-2H3,(H,19,20). The molecule has 2 heterocycles. The number of aromatic nitrogens is 2. The van der Waals surface area contributed by atoms with Gasteiger partial charge in [0.2, 0.25) is 15.7 Å². The number of hydrogen-bond acceptors (Lipinski definition) is 7. The van der Waals surface area contributed by atoms with Crippen molar-refractivity contribution in [2.75, 3.05) is 12.4 Å². The second-order valence-corrected chi connectivity index (χ2v) is 8.59. The van der Waals surface area contributed by atoms with Crippen molar-refractivity contribution in [1.29, 1.82) is 0 Å². The van der Waals surface area contributed by atoms with Crippen LogP contribution in [-0.2, 0) is 9.84 Å². The van der Waals surface area contributed by atoms with Crippen molar-refractivity contribution in [2.24, 2.45) is 0 Å². The SMILES string of the molecule is COc1ccc(Nc2nc(S(=O)(=O)c3ccc(C)cc3)c(Cl)s2)cn1. The molecule has 0 saturated heterocycles. The van der Waals surface area contributed by atoms with Gasteiger partial charge >= 0.3 is 0 Å². The van der Waals surface area contributed by atoms with E-state index in [9.17, 15) is 8.42 Å². The van der Waals surface area contributed by atoms with Crippen LogP contribution in [0, 0.1) is 6.92 Å². The van der Waals surface area contributed by atoms with Crippen LogP contribution in [0.4, 0.5) is 10.8 Å². The molecule has 0 atom stereocenters. The van der Waals surface area contributed by atoms with Crippen molar-refractivity contribution in [3.05, 3.63) is 52.5 Å². The molecule has 6 nitrogen and oxygen atoms in total. The summed E-state index contributed by atoms with van der Waals surface area (Å²) < 4.78 is 30.5. The highest BCUT2D eigenvalue weighted by molar-refractivity contribution is 7.91. The first-order valence-corrected chi connectivity index (χ1v) is 9.83. The largest absolute Gasteiger partial charge is 0.481 e. The second-order valence-electron chi connectivity index (χ2n) is 5.13. The summed E-state index contributed by atoms with van der Waals surface area (Å²) in [4.78, 5) is 8.37. The Bertz CT molecular complexity index is 984. The maximum Gasteiger partial charge on any atom is 0.226 e. The molecule has 3 rings (SSSR count). The van der Waals surface area contributed by atoms with Crippen molar-refractivity contribution < 1.29 is 13.2 Å². The molecule has 0 aliphatic rings. The van der Waals surface area contributed by atoms with Crippen LogP contribution in [0.15, 0.2) is 52.5 Å². The molecule has 1 N–H and O–H groups in total. The molecule has 0 radical (unpaired) electrons. The van der Waals surface area contributed by atoms with Crippen molar-refractivity contribution in [2.45, 2.75) is 16.8 Å². The molecule has 0 aliphatic heterocycles. The van der Waals surface area contributed by atoms with Gasteiger partial charge in [-0.3, -0.25) is 0 Å². The topological polar surface area (TPSA) is 81.2 Å². The van der Waals surface area contributed by atoms with E-state index in [4.69, 9.17) is 16.3 Å². The van der Waals surface area contributed by atoms with Crippen LogP contribution in [0.5, 0.6) is 5.88 Å². The summed E-state index contributed by atoms with van der Waals surface area (Å²) in [6.07, 6.45) is 1.56. The Labute approximate surface area is 154 Å². The van der Waals surface area contributed by atoms with Crippen LogP contribution in [0.1, 0.15) is 5.56 Å². The Kier molecular flexibility index (Phi) is 4.94. The molecule has 1 aromatic carbocycles. The van der Waals surface area contributed by atoms with Gasteiger partial charge in [0.15, 0.2) is 10.2 Å². The van der Waals surface area contributed by atoms with Crippen LogP contribution in [0.3, 0.4) is 0 Å². The van der Waals surface area contributed by atoms with E-state index < -0.39 is 9.84 Å². The molecule has 0 aliphatic carbocycles. The fraction of sp³-hybridized carbons (Fsp3) is 0.125. The third-order valence-corrected chi connectivity index (χ3v) is 6.45. The zero-order valence-corrected chi connectivity index (χ0v) is 15.7. The van der Waals surface area contributed by atoms with Crippen molar-refractivity contribution >= 4 is 43.6 Å². The molecule has 130 valence electrons. The van der Waals surface area contributed by atoms with Crippen molar-refractivity contribution in [3.8, 4) is 5.88 Å². The summed E-state index contributed by atoms with van der Waals surface area (Å²) >= 11 is 7.17. The molecule has 25 heavy (non-hydrogen) atoms. The average Bonchev–Trinajstić information content (AvgIpc) is 2.97. The first kappa shape index (κ1) is 17.7. The molecule has 0 fully saturated rings. The maximum absolute atomic E-state index is 12.7. The smallest absolute Gasteiger partial charge is 0.226 e. The van der Waals surface area contributed by atoms with Gasteiger partial charge in [0.1, 0.15) is 4.34 Å². The molecule has 0 unspecified atom stereocenters. The minimum absolute atomic E-state index is 0.101. The number of nitrogens with zero attached hydrogens (tertiary/aromatic N) is 2. The highest BCUT2D eigenvalue weighted by atomic mass is 35.5. The lowest BCUT2D eigenvalue weighted by atomic mass is 10.2. The van der Waals surface area contributed by atoms with E-state index in [0.717, 1.165) is 16.9 Å². The molecule has 0 saturated carbocycles. The highest BCUT2D eigenvalue weighted by Gasteiger charge is 2.25. The fourth-order valence-corrected chi connectivity index (χ4v) is 4.86. The number of rotatable bonds is 5. The number of anilines is 2. The molecule has 0 spiro atoms. The van der Waals surface area contributed by atoms with E-state index in [2.05, 4.69) is 15.3 Å². The molecule has 9 heteroatoms. The zero-order chi connectivity index (χ0) is 18.0. The van der Waals surface area contributed by atoms with Crippen molar-refractivity contribution in [3.63, 3.8) is 0 Å². The number of pyridine rings is 1. The fourth-order valence-electron chi connectivity index (χ4n) is 2.03. The van der Waals surface area contributed by atoms with Gasteiger partial charge in [-0.15, -0.1) is 0 Å². The van der Waals surface area contributed by atoms with Crippen LogP contribution in [-0.4, -0.2) is 25.5 Å². The van der Waals surface area contributed by atoms with Gasteiger partial charge in [-0.05, 0) is 25.1 Å². The van der Waals surface area contributed by atoms with Gasteiger partial charge in [0.25, 0.3) is 0 Å². The first-order chi connectivity index (χ1) is 11.9. The predicted molar refractivity (Wildman–Crippen MR) is 97.8 cm³/mol. The van der Waals surface area contributed by atoms with Gasteiger partial charge in [0.05, 0.1) is 23.9 Å². The highest BCUT2D eigenvalue weighted by Crippen LogP contribution is 2.35. The van der Waals surface area contributed by atoms with Gasteiger partial charge in [0, 0.05) is 6.07 Å². The predicted octanol–water partition coefficient (Wildman–Crippen LogP) is 4.08. The molecule has 0 bridgehead atoms. The minimum Gasteiger partial charge on any atom is -0.481 e. The number of nitrogens with one attached hydrogen (secondary N) is 1. The number of benzene rings is 1. The zero-order valence-electron chi connectivity index (χ0n) is 13.4. The molecular weight excluding hydrogens is 382 g/mol. The van der Waals surface area contributed by atoms with Crippen LogP contribution < -0.4 is 10.1 Å². The van der Waals surface area contributed by atoms with Gasteiger partial charge in [-0.1, -0.05) is 40.6 Å². The molecular formula is C16H14ClN3O3S2. The third kappa shape index (κ3) is 3.76. The molecule has 0 amide bonds. The Hall–Kier alpha value is -2.16. The Morgan fingerprint density at radius 1 is 1.16 bits per heavy atom. The van der Waals surface area contributed by atoms with E-state index in [-0.39, 0.29) is 14.3 Å². The minimum atomic E-state index is -3.78. The van der Waals surface area contributed by atoms with Crippen molar-refractivity contribution in [1.82, 2.24) is 9.97 Å². The summed E-state index contributed by atoms with van der Waals surface area (Å²) in [6.45, 7) is 1.89. The number of ether oxygens (including phenoxy) is 1. The lowest BCUT2D eigenvalue weighted by molar-refractivity contribution is 0.398. The number of hydrogen-bond donors (Lipinski definition) is 1. The maximum atomic E-state index is 12.7. The first-order valence-electron chi connectivity index (χ1n) is 7.15. The van der Waals surface area contributed by atoms with E-state index in [1.165, 1.54) is 7.11 Å². The number of thiazole rings is 1. The summed E-state index contributed by atoms with van der Waals surface area (Å²) in [5.74, 6) is 0.477. The van der Waals surface area contributed by atoms with E-state index in [0.29, 0.717) is 16.7 Å². The lowest BCUT2D eigenvalue weighted by Crippen LogP contribution is -2.03. The Morgan fingerprint density at radius 2 is 1.88 bits per heavy atom. The van der Waals surface area contributed by atoms with E-state index >= 15 is 0 Å². The van der Waals surface area contributed by atoms with Crippen LogP contribution in [0.25, 0.3) is 0 Å². The van der Waals surface area contributed by atoms with Gasteiger partial charge < -0.3 is 10.1 Å². The monoisotopic (exact) mass is 395 g/mol. The Morgan fingerprint density at radius 3 is 2.48 bits per heavy atom. The van der Waals surface area contributed by atoms with E-state index in [1.807, 2.05) is 6.92 Å². The number of halogens is 1. The second kappa shape index (κ2) is 6.99. The summed E-state index contributed by atoms with van der Waals surface area (Å²) in [5.41, 5.74) is 1.61. The normalized spacial score (nSPS) is 11.3. The summed E-state index contributed by atoms with van der Waals surface area (Å²) in [5, 5.41) is 3.19. The average molecular weight is 396 g/mol. The molecule has 3 aromatic rings. The van der Waals surface area contributed by atoms with Crippen LogP contribution >= 0.6 is 22.9 Å². The van der Waals surface area contributed by atoms with Gasteiger partial charge in [-0.2, -0.15) is 0 Å². The number of methoxy groups -OCH3 is 1. The van der Waals surface area contributed by atoms with E-state index in [1.54, 1.807) is 42.6 Å². The quantitative estimate of drug-likeness (QED) is 0.700. The van der Waals surface area contributed by atoms with Crippen LogP contribution in [0.2, 0.25) is 4.34 Å². The van der Waals surface area contributed by atoms with Gasteiger partial charge in [-0.25, -0.2) is 18.4 Å². The summed E-state index contributed by atoms with van der Waals surface area (Å²) in [6, 6.07) is 9.98. The molecule has 2 aromatic heterocycles. The summed E-state index contributed by atoms with van der Waals surface area (Å²) in [7, 11) is -2.25. The lowest BCUT2D eigenvalue weighted by Gasteiger charge is -2.03.